The predicted octanol–water partition coefficient (Wildman–Crippen LogP) is 5.55. The molecule has 0 unspecified atom stereocenters. The number of aryl methyl sites for hydroxylation is 2. The van der Waals surface area contributed by atoms with Crippen molar-refractivity contribution in [2.24, 2.45) is 0 Å². The molecule has 1 aromatic heterocycles. The van der Waals surface area contributed by atoms with Crippen LogP contribution in [0.4, 0.5) is 10.8 Å². The minimum absolute atomic E-state index is 0.0927. The Morgan fingerprint density at radius 1 is 0.973 bits per heavy atom. The molecule has 0 fully saturated rings. The summed E-state index contributed by atoms with van der Waals surface area (Å²) in [5.74, 6) is -1.02. The molecule has 0 saturated carbocycles. The normalized spacial score (nSPS) is 12.2. The minimum Gasteiger partial charge on any atom is -0.508 e. The van der Waals surface area contributed by atoms with Crippen LogP contribution in [0.25, 0.3) is 11.3 Å². The van der Waals surface area contributed by atoms with Crippen molar-refractivity contribution in [3.05, 3.63) is 94.4 Å². The number of nitrogens with zero attached hydrogens (tertiary/aromatic N) is 2. The van der Waals surface area contributed by atoms with E-state index in [1.165, 1.54) is 17.5 Å². The van der Waals surface area contributed by atoms with Gasteiger partial charge in [0.15, 0.2) is 5.13 Å². The molecule has 1 amide bonds. The number of benzene rings is 3. The van der Waals surface area contributed by atoms with Crippen molar-refractivity contribution in [2.75, 3.05) is 11.4 Å². The molecule has 8 heteroatoms. The van der Waals surface area contributed by atoms with Crippen LogP contribution in [0.1, 0.15) is 39.9 Å². The van der Waals surface area contributed by atoms with Gasteiger partial charge in [-0.3, -0.25) is 9.59 Å². The number of carbonyl (C=O) groups is 2. The van der Waals surface area contributed by atoms with Crippen LogP contribution in [0, 0.1) is 0 Å². The van der Waals surface area contributed by atoms with E-state index in [2.05, 4.69) is 28.4 Å². The molecule has 0 saturated heterocycles. The highest BCUT2D eigenvalue weighted by Crippen LogP contribution is 2.36. The third kappa shape index (κ3) is 5.81. The number of anilines is 2. The van der Waals surface area contributed by atoms with Crippen LogP contribution in [-0.2, 0) is 24.2 Å². The number of carboxylic acids is 1. The third-order valence-corrected chi connectivity index (χ3v) is 7.32. The summed E-state index contributed by atoms with van der Waals surface area (Å²) in [5.41, 5.74) is 7.15. The van der Waals surface area contributed by atoms with Gasteiger partial charge in [0.2, 0.25) is 0 Å². The van der Waals surface area contributed by atoms with E-state index in [9.17, 15) is 14.7 Å². The Morgan fingerprint density at radius 2 is 1.73 bits per heavy atom. The number of thiazole rings is 1. The Balaban J connectivity index is 1.40. The highest BCUT2D eigenvalue weighted by Gasteiger charge is 2.19. The van der Waals surface area contributed by atoms with Crippen LogP contribution in [0.3, 0.4) is 0 Å². The van der Waals surface area contributed by atoms with Crippen molar-refractivity contribution in [2.45, 2.75) is 32.2 Å². The van der Waals surface area contributed by atoms with Crippen LogP contribution in [0.2, 0.25) is 0 Å². The molecule has 1 aliphatic rings. The number of amides is 1. The van der Waals surface area contributed by atoms with Crippen LogP contribution in [-0.4, -0.2) is 33.6 Å². The SMILES string of the molecule is O=C(O)CCNC(=O)c1ccc(CN(c2ccc3c(c2)CCC3)c2nc(-c3ccc(O)cc3)cs2)cc1. The predicted molar refractivity (Wildman–Crippen MR) is 145 cm³/mol. The topological polar surface area (TPSA) is 103 Å². The summed E-state index contributed by atoms with van der Waals surface area (Å²) in [5, 5.41) is 23.9. The van der Waals surface area contributed by atoms with Gasteiger partial charge in [-0.1, -0.05) is 18.2 Å². The fraction of sp³-hybridized carbons (Fsp3) is 0.207. The number of carboxylic acid groups (broad SMARTS) is 1. The lowest BCUT2D eigenvalue weighted by molar-refractivity contribution is -0.136. The number of hydrogen-bond donors (Lipinski definition) is 3. The minimum atomic E-state index is -0.946. The largest absolute Gasteiger partial charge is 0.508 e. The van der Waals surface area contributed by atoms with E-state index in [1.54, 1.807) is 35.6 Å². The van der Waals surface area contributed by atoms with E-state index in [0.29, 0.717) is 12.1 Å². The zero-order chi connectivity index (χ0) is 25.8. The Hall–Kier alpha value is -4.17. The number of aromatic nitrogens is 1. The van der Waals surface area contributed by atoms with Crippen LogP contribution in [0.5, 0.6) is 5.75 Å². The number of aliphatic carboxylic acids is 1. The summed E-state index contributed by atoms with van der Waals surface area (Å²) < 4.78 is 0. The van der Waals surface area contributed by atoms with Crippen molar-refractivity contribution in [3.8, 4) is 17.0 Å². The number of phenols is 1. The maximum Gasteiger partial charge on any atom is 0.305 e. The van der Waals surface area contributed by atoms with Gasteiger partial charge < -0.3 is 20.4 Å². The lowest BCUT2D eigenvalue weighted by Gasteiger charge is -2.23. The van der Waals surface area contributed by atoms with Crippen molar-refractivity contribution < 1.29 is 19.8 Å². The Morgan fingerprint density at radius 3 is 2.49 bits per heavy atom. The Bertz CT molecular complexity index is 1410. The average molecular weight is 514 g/mol. The quantitative estimate of drug-likeness (QED) is 0.271. The maximum atomic E-state index is 12.3. The summed E-state index contributed by atoms with van der Waals surface area (Å²) in [4.78, 5) is 30.1. The number of aromatic hydroxyl groups is 1. The highest BCUT2D eigenvalue weighted by molar-refractivity contribution is 7.14. The van der Waals surface area contributed by atoms with Gasteiger partial charge >= 0.3 is 5.97 Å². The monoisotopic (exact) mass is 513 g/mol. The Labute approximate surface area is 219 Å². The number of nitrogens with one attached hydrogen (secondary N) is 1. The molecule has 7 nitrogen and oxygen atoms in total. The highest BCUT2D eigenvalue weighted by atomic mass is 32.1. The lowest BCUT2D eigenvalue weighted by atomic mass is 10.1. The van der Waals surface area contributed by atoms with Gasteiger partial charge in [-0.15, -0.1) is 11.3 Å². The molecule has 4 aromatic rings. The van der Waals surface area contributed by atoms with Gasteiger partial charge in [0.25, 0.3) is 5.91 Å². The molecule has 188 valence electrons. The molecule has 1 aliphatic carbocycles. The van der Waals surface area contributed by atoms with Crippen LogP contribution in [0.15, 0.2) is 72.1 Å². The second-order valence-corrected chi connectivity index (χ2v) is 9.89. The van der Waals surface area contributed by atoms with Gasteiger partial charge in [-0.05, 0) is 84.5 Å². The van der Waals surface area contributed by atoms with Gasteiger partial charge in [-0.2, -0.15) is 0 Å². The molecule has 37 heavy (non-hydrogen) atoms. The molecule has 0 atom stereocenters. The molecule has 0 radical (unpaired) electrons. The molecular formula is C29H27N3O4S. The molecular weight excluding hydrogens is 486 g/mol. The lowest BCUT2D eigenvalue weighted by Crippen LogP contribution is -2.26. The van der Waals surface area contributed by atoms with Crippen molar-refractivity contribution in [1.29, 1.82) is 0 Å². The van der Waals surface area contributed by atoms with E-state index in [-0.39, 0.29) is 24.6 Å². The first-order valence-electron chi connectivity index (χ1n) is 12.2. The van der Waals surface area contributed by atoms with E-state index in [1.807, 2.05) is 29.6 Å². The standard InChI is InChI=1S/C29H27N3O4S/c33-25-12-9-21(10-13-25)26-18-37-29(31-26)32(24-11-8-20-2-1-3-23(20)16-24)17-19-4-6-22(7-5-19)28(36)30-15-14-27(34)35/h4-13,16,18,33H,1-3,14-15,17H2,(H,30,36)(H,34,35). The number of hydrogen-bond acceptors (Lipinski definition) is 6. The summed E-state index contributed by atoms with van der Waals surface area (Å²) in [6.07, 6.45) is 3.27. The molecule has 3 aromatic carbocycles. The van der Waals surface area contributed by atoms with Crippen molar-refractivity contribution >= 4 is 34.0 Å². The van der Waals surface area contributed by atoms with Crippen LogP contribution < -0.4 is 10.2 Å². The maximum absolute atomic E-state index is 12.3. The molecule has 1 heterocycles. The number of carbonyl (C=O) groups excluding carboxylic acids is 1. The van der Waals surface area contributed by atoms with E-state index in [0.717, 1.165) is 40.5 Å². The first-order valence-corrected chi connectivity index (χ1v) is 13.1. The molecule has 0 aliphatic heterocycles. The van der Waals surface area contributed by atoms with Crippen LogP contribution >= 0.6 is 11.3 Å². The second kappa shape index (κ2) is 10.8. The van der Waals surface area contributed by atoms with Gasteiger partial charge in [0.05, 0.1) is 18.7 Å². The number of fused-ring (bicyclic) bond motifs is 1. The van der Waals surface area contributed by atoms with Crippen molar-refractivity contribution in [3.63, 3.8) is 0 Å². The molecule has 0 spiro atoms. The first kappa shape index (κ1) is 24.5. The van der Waals surface area contributed by atoms with Crippen molar-refractivity contribution in [1.82, 2.24) is 10.3 Å². The summed E-state index contributed by atoms with van der Waals surface area (Å²) in [6.45, 7) is 0.664. The number of phenolic OH excluding ortho intramolecular Hbond substituents is 1. The fourth-order valence-corrected chi connectivity index (χ4v) is 5.33. The number of rotatable bonds is 9. The average Bonchev–Trinajstić information content (AvgIpc) is 3.57. The molecule has 5 rings (SSSR count). The second-order valence-electron chi connectivity index (χ2n) is 9.05. The Kier molecular flexibility index (Phi) is 7.18. The summed E-state index contributed by atoms with van der Waals surface area (Å²) in [7, 11) is 0. The summed E-state index contributed by atoms with van der Waals surface area (Å²) in [6, 6.07) is 21.0. The van der Waals surface area contributed by atoms with Gasteiger partial charge in [-0.25, -0.2) is 4.98 Å². The summed E-state index contributed by atoms with van der Waals surface area (Å²) >= 11 is 1.56. The molecule has 3 N–H and O–H groups in total. The zero-order valence-electron chi connectivity index (χ0n) is 20.2. The first-order chi connectivity index (χ1) is 18.0. The zero-order valence-corrected chi connectivity index (χ0v) is 21.0. The molecule has 0 bridgehead atoms. The van der Waals surface area contributed by atoms with Gasteiger partial charge in [0, 0.05) is 28.7 Å². The van der Waals surface area contributed by atoms with Gasteiger partial charge in [0.1, 0.15) is 5.75 Å². The third-order valence-electron chi connectivity index (χ3n) is 6.46. The van der Waals surface area contributed by atoms with E-state index >= 15 is 0 Å². The smallest absolute Gasteiger partial charge is 0.305 e. The fourth-order valence-electron chi connectivity index (χ4n) is 4.48. The van der Waals surface area contributed by atoms with E-state index < -0.39 is 5.97 Å². The van der Waals surface area contributed by atoms with E-state index in [4.69, 9.17) is 10.1 Å².